The molecule has 4 heteroatoms. The van der Waals surface area contributed by atoms with Gasteiger partial charge in [-0.3, -0.25) is 4.79 Å². The number of benzene rings is 1. The molecule has 4 nitrogen and oxygen atoms in total. The molecule has 0 atom stereocenters. The Bertz CT molecular complexity index is 614. The predicted molar refractivity (Wildman–Crippen MR) is 77.0 cm³/mol. The second-order valence-corrected chi connectivity index (χ2v) is 4.63. The third-order valence-corrected chi connectivity index (χ3v) is 3.05. The maximum absolute atomic E-state index is 12.0. The molecule has 0 unspecified atom stereocenters. The molecular formula is C15H19N3O. The Morgan fingerprint density at radius 3 is 2.58 bits per heavy atom. The number of hydrogen-bond acceptors (Lipinski definition) is 3. The molecule has 0 aliphatic carbocycles. The topological polar surface area (TPSA) is 46.9 Å². The maximum Gasteiger partial charge on any atom is 0.271 e. The van der Waals surface area contributed by atoms with Crippen molar-refractivity contribution in [3.05, 3.63) is 51.8 Å². The van der Waals surface area contributed by atoms with Crippen molar-refractivity contribution < 1.29 is 0 Å². The molecule has 0 bridgehead atoms. The lowest BCUT2D eigenvalue weighted by atomic mass is 10.1. The molecule has 1 heterocycles. The van der Waals surface area contributed by atoms with Crippen LogP contribution in [0.3, 0.4) is 0 Å². The monoisotopic (exact) mass is 257 g/mol. The lowest BCUT2D eigenvalue weighted by molar-refractivity contribution is 0.665. The zero-order chi connectivity index (χ0) is 13.8. The van der Waals surface area contributed by atoms with Gasteiger partial charge >= 0.3 is 0 Å². The Morgan fingerprint density at radius 2 is 1.95 bits per heavy atom. The van der Waals surface area contributed by atoms with Crippen molar-refractivity contribution in [2.45, 2.75) is 20.4 Å². The van der Waals surface area contributed by atoms with Crippen LogP contribution in [-0.2, 0) is 13.6 Å². The smallest absolute Gasteiger partial charge is 0.271 e. The first kappa shape index (κ1) is 13.5. The largest absolute Gasteiger partial charge is 0.313 e. The maximum atomic E-state index is 12.0. The Hall–Kier alpha value is -1.94. The average molecular weight is 257 g/mol. The van der Waals surface area contributed by atoms with Crippen molar-refractivity contribution >= 4 is 0 Å². The summed E-state index contributed by atoms with van der Waals surface area (Å²) in [6.07, 6.45) is 0. The lowest BCUT2D eigenvalue weighted by Crippen LogP contribution is -2.27. The molecule has 0 saturated heterocycles. The Morgan fingerprint density at radius 1 is 1.26 bits per heavy atom. The molecule has 0 radical (unpaired) electrons. The summed E-state index contributed by atoms with van der Waals surface area (Å²) in [6, 6.07) is 10.0. The molecule has 1 aromatic carbocycles. The molecule has 0 saturated carbocycles. The minimum Gasteiger partial charge on any atom is -0.313 e. The molecule has 1 aromatic heterocycles. The quantitative estimate of drug-likeness (QED) is 0.909. The van der Waals surface area contributed by atoms with E-state index in [1.165, 1.54) is 10.2 Å². The molecule has 2 aromatic rings. The van der Waals surface area contributed by atoms with E-state index < -0.39 is 0 Å². The highest BCUT2D eigenvalue weighted by atomic mass is 16.1. The van der Waals surface area contributed by atoms with E-state index in [4.69, 9.17) is 0 Å². The van der Waals surface area contributed by atoms with Crippen LogP contribution in [0.5, 0.6) is 0 Å². The van der Waals surface area contributed by atoms with E-state index in [1.54, 1.807) is 7.05 Å². The van der Waals surface area contributed by atoms with Crippen LogP contribution in [0.1, 0.15) is 18.1 Å². The SMILES string of the molecule is CCNCc1cc(-c2ccc(C)cc2)nn(C)c1=O. The lowest BCUT2D eigenvalue weighted by Gasteiger charge is -2.08. The summed E-state index contributed by atoms with van der Waals surface area (Å²) in [5.74, 6) is 0. The number of nitrogens with zero attached hydrogens (tertiary/aromatic N) is 2. The molecule has 2 rings (SSSR count). The summed E-state index contributed by atoms with van der Waals surface area (Å²) >= 11 is 0. The minimum atomic E-state index is -0.0446. The van der Waals surface area contributed by atoms with Crippen molar-refractivity contribution in [1.82, 2.24) is 15.1 Å². The van der Waals surface area contributed by atoms with Gasteiger partial charge in [0.25, 0.3) is 5.56 Å². The summed E-state index contributed by atoms with van der Waals surface area (Å²) in [6.45, 7) is 5.48. The summed E-state index contributed by atoms with van der Waals surface area (Å²) in [5, 5.41) is 7.50. The van der Waals surface area contributed by atoms with Crippen LogP contribution in [0.2, 0.25) is 0 Å². The van der Waals surface area contributed by atoms with Gasteiger partial charge in [0.05, 0.1) is 5.69 Å². The van der Waals surface area contributed by atoms with E-state index in [0.29, 0.717) is 6.54 Å². The summed E-state index contributed by atoms with van der Waals surface area (Å²) < 4.78 is 1.40. The highest BCUT2D eigenvalue weighted by Crippen LogP contribution is 2.17. The first-order valence-electron chi connectivity index (χ1n) is 6.47. The van der Waals surface area contributed by atoms with Gasteiger partial charge < -0.3 is 5.32 Å². The molecule has 0 aliphatic heterocycles. The van der Waals surface area contributed by atoms with Crippen molar-refractivity contribution in [2.75, 3.05) is 6.54 Å². The minimum absolute atomic E-state index is 0.0446. The van der Waals surface area contributed by atoms with Crippen LogP contribution in [0.25, 0.3) is 11.3 Å². The number of aryl methyl sites for hydroxylation is 2. The molecule has 19 heavy (non-hydrogen) atoms. The second-order valence-electron chi connectivity index (χ2n) is 4.63. The molecule has 0 aliphatic rings. The second kappa shape index (κ2) is 5.80. The van der Waals surface area contributed by atoms with Crippen molar-refractivity contribution in [3.8, 4) is 11.3 Å². The van der Waals surface area contributed by atoms with Gasteiger partial charge in [-0.1, -0.05) is 36.8 Å². The first-order chi connectivity index (χ1) is 9.11. The van der Waals surface area contributed by atoms with Gasteiger partial charge in [0.1, 0.15) is 0 Å². The fourth-order valence-electron chi connectivity index (χ4n) is 1.92. The third kappa shape index (κ3) is 3.09. The zero-order valence-electron chi connectivity index (χ0n) is 11.6. The standard InChI is InChI=1S/C15H19N3O/c1-4-16-10-13-9-14(17-18(3)15(13)19)12-7-5-11(2)6-8-12/h5-9,16H,4,10H2,1-3H3. The van der Waals surface area contributed by atoms with Gasteiger partial charge in [-0.05, 0) is 19.5 Å². The Balaban J connectivity index is 2.44. The number of hydrogen-bond donors (Lipinski definition) is 1. The van der Waals surface area contributed by atoms with Crippen LogP contribution in [0.15, 0.2) is 35.1 Å². The summed E-state index contributed by atoms with van der Waals surface area (Å²) in [4.78, 5) is 12.0. The van der Waals surface area contributed by atoms with Crippen LogP contribution in [0.4, 0.5) is 0 Å². The normalized spacial score (nSPS) is 10.7. The van der Waals surface area contributed by atoms with E-state index in [-0.39, 0.29) is 5.56 Å². The van der Waals surface area contributed by atoms with Crippen molar-refractivity contribution in [1.29, 1.82) is 0 Å². The molecule has 0 fully saturated rings. The third-order valence-electron chi connectivity index (χ3n) is 3.05. The van der Waals surface area contributed by atoms with Crippen LogP contribution in [0, 0.1) is 6.92 Å². The van der Waals surface area contributed by atoms with Gasteiger partial charge in [-0.15, -0.1) is 0 Å². The van der Waals surface area contributed by atoms with Gasteiger partial charge in [-0.2, -0.15) is 5.10 Å². The van der Waals surface area contributed by atoms with Crippen LogP contribution >= 0.6 is 0 Å². The Kier molecular flexibility index (Phi) is 4.12. The highest BCUT2D eigenvalue weighted by Gasteiger charge is 2.07. The molecular weight excluding hydrogens is 238 g/mol. The molecule has 100 valence electrons. The molecule has 0 amide bonds. The number of nitrogens with one attached hydrogen (secondary N) is 1. The van der Waals surface area contributed by atoms with E-state index in [1.807, 2.05) is 37.3 Å². The van der Waals surface area contributed by atoms with E-state index in [0.717, 1.165) is 23.4 Å². The van der Waals surface area contributed by atoms with E-state index in [2.05, 4.69) is 17.3 Å². The van der Waals surface area contributed by atoms with E-state index >= 15 is 0 Å². The molecule has 0 spiro atoms. The average Bonchev–Trinajstić information content (AvgIpc) is 2.41. The first-order valence-corrected chi connectivity index (χ1v) is 6.47. The van der Waals surface area contributed by atoms with Crippen LogP contribution < -0.4 is 10.9 Å². The van der Waals surface area contributed by atoms with Gasteiger partial charge in [0.15, 0.2) is 0 Å². The highest BCUT2D eigenvalue weighted by molar-refractivity contribution is 5.59. The fraction of sp³-hybridized carbons (Fsp3) is 0.333. The van der Waals surface area contributed by atoms with Crippen molar-refractivity contribution in [3.63, 3.8) is 0 Å². The Labute approximate surface area is 113 Å². The molecule has 1 N–H and O–H groups in total. The van der Waals surface area contributed by atoms with Crippen LogP contribution in [-0.4, -0.2) is 16.3 Å². The summed E-state index contributed by atoms with van der Waals surface area (Å²) in [7, 11) is 1.69. The van der Waals surface area contributed by atoms with Gasteiger partial charge in [0.2, 0.25) is 0 Å². The van der Waals surface area contributed by atoms with Crippen molar-refractivity contribution in [2.24, 2.45) is 7.05 Å². The van der Waals surface area contributed by atoms with Gasteiger partial charge in [-0.25, -0.2) is 4.68 Å². The van der Waals surface area contributed by atoms with E-state index in [9.17, 15) is 4.79 Å². The zero-order valence-corrected chi connectivity index (χ0v) is 11.6. The summed E-state index contributed by atoms with van der Waals surface area (Å²) in [5.41, 5.74) is 3.77. The fourth-order valence-corrected chi connectivity index (χ4v) is 1.92. The number of aromatic nitrogens is 2. The van der Waals surface area contributed by atoms with Gasteiger partial charge in [0, 0.05) is 24.7 Å². The predicted octanol–water partition coefficient (Wildman–Crippen LogP) is 1.87. The number of rotatable bonds is 4.